The number of carbonyl (C=O) groups excluding carboxylic acids is 1. The van der Waals surface area contributed by atoms with Gasteiger partial charge in [0.1, 0.15) is 18.2 Å². The van der Waals surface area contributed by atoms with E-state index in [0.717, 1.165) is 5.56 Å². The van der Waals surface area contributed by atoms with Gasteiger partial charge in [0.15, 0.2) is 0 Å². The molecule has 0 saturated heterocycles. The Balaban J connectivity index is 1.56. The minimum Gasteiger partial charge on any atom is -0.460 e. The summed E-state index contributed by atoms with van der Waals surface area (Å²) in [6.45, 7) is 0.0624. The molecule has 3 aromatic rings. The van der Waals surface area contributed by atoms with E-state index in [2.05, 4.69) is 0 Å². The number of ether oxygens (including phenoxy) is 3. The van der Waals surface area contributed by atoms with Crippen LogP contribution in [0.1, 0.15) is 33.5 Å². The summed E-state index contributed by atoms with van der Waals surface area (Å²) in [7, 11) is 0. The maximum atomic E-state index is 13.9. The van der Waals surface area contributed by atoms with Crippen LogP contribution < -0.4 is 4.74 Å². The number of fused-ring (bicyclic) bond motifs is 1. The van der Waals surface area contributed by atoms with Crippen LogP contribution in [0.4, 0.5) is 4.39 Å². The first-order chi connectivity index (χ1) is 12.7. The standard InChI is InChI=1S/C20H15FO5/c21-16-9-14(11-24-19(22)17-7-4-8-23-17)18-15(10-16)12-25-20(26-18)13-5-2-1-3-6-13/h1-10,20H,11-12H2/t20-/m0/s1. The molecule has 4 rings (SSSR count). The second-order valence-electron chi connectivity index (χ2n) is 5.78. The molecular formula is C20H15FO5. The maximum Gasteiger partial charge on any atom is 0.374 e. The summed E-state index contributed by atoms with van der Waals surface area (Å²) < 4.78 is 35.7. The number of hydrogen-bond donors (Lipinski definition) is 0. The van der Waals surface area contributed by atoms with E-state index in [4.69, 9.17) is 18.6 Å². The Labute approximate surface area is 148 Å². The molecule has 0 N–H and O–H groups in total. The van der Waals surface area contributed by atoms with E-state index < -0.39 is 18.1 Å². The van der Waals surface area contributed by atoms with Crippen LogP contribution >= 0.6 is 0 Å². The Hall–Kier alpha value is -3.12. The summed E-state index contributed by atoms with van der Waals surface area (Å²) in [5.74, 6) is -0.515. The number of furan rings is 1. The SMILES string of the molecule is O=C(OCc1cc(F)cc2c1O[C@@H](c1ccccc1)OC2)c1ccco1. The van der Waals surface area contributed by atoms with Gasteiger partial charge in [-0.1, -0.05) is 30.3 Å². The monoisotopic (exact) mass is 354 g/mol. The topological polar surface area (TPSA) is 57.9 Å². The molecule has 6 heteroatoms. The van der Waals surface area contributed by atoms with Crippen LogP contribution in [0, 0.1) is 5.82 Å². The van der Waals surface area contributed by atoms with Crippen molar-refractivity contribution in [2.75, 3.05) is 0 Å². The summed E-state index contributed by atoms with van der Waals surface area (Å²) >= 11 is 0. The predicted octanol–water partition coefficient (Wildman–Crippen LogP) is 4.38. The first-order valence-corrected chi connectivity index (χ1v) is 8.06. The number of carbonyl (C=O) groups is 1. The zero-order valence-corrected chi connectivity index (χ0v) is 13.7. The van der Waals surface area contributed by atoms with Crippen molar-refractivity contribution in [3.63, 3.8) is 0 Å². The van der Waals surface area contributed by atoms with Crippen molar-refractivity contribution in [2.45, 2.75) is 19.5 Å². The molecule has 0 aliphatic carbocycles. The van der Waals surface area contributed by atoms with E-state index in [1.54, 1.807) is 6.07 Å². The maximum absolute atomic E-state index is 13.9. The van der Waals surface area contributed by atoms with Gasteiger partial charge in [-0.25, -0.2) is 9.18 Å². The van der Waals surface area contributed by atoms with Crippen molar-refractivity contribution in [3.8, 4) is 5.75 Å². The summed E-state index contributed by atoms with van der Waals surface area (Å²) in [6.07, 6.45) is 0.777. The second kappa shape index (κ2) is 7.01. The van der Waals surface area contributed by atoms with Crippen LogP contribution in [0.5, 0.6) is 5.75 Å². The van der Waals surface area contributed by atoms with E-state index in [-0.39, 0.29) is 19.0 Å². The number of rotatable bonds is 4. The molecule has 2 heterocycles. The molecule has 0 spiro atoms. The van der Waals surface area contributed by atoms with Crippen LogP contribution in [-0.4, -0.2) is 5.97 Å². The van der Waals surface area contributed by atoms with Gasteiger partial charge in [0.05, 0.1) is 12.9 Å². The largest absolute Gasteiger partial charge is 0.460 e. The first kappa shape index (κ1) is 16.4. The summed E-state index contributed by atoms with van der Waals surface area (Å²) in [5, 5.41) is 0. The van der Waals surface area contributed by atoms with Gasteiger partial charge in [0.25, 0.3) is 0 Å². The molecule has 26 heavy (non-hydrogen) atoms. The lowest BCUT2D eigenvalue weighted by Gasteiger charge is -2.28. The summed E-state index contributed by atoms with van der Waals surface area (Å²) in [4.78, 5) is 11.9. The van der Waals surface area contributed by atoms with Gasteiger partial charge in [0.2, 0.25) is 12.1 Å². The van der Waals surface area contributed by atoms with Crippen molar-refractivity contribution < 1.29 is 27.8 Å². The molecule has 2 aromatic carbocycles. The zero-order chi connectivity index (χ0) is 17.9. The number of halogens is 1. The smallest absolute Gasteiger partial charge is 0.374 e. The highest BCUT2D eigenvalue weighted by molar-refractivity contribution is 5.86. The summed E-state index contributed by atoms with van der Waals surface area (Å²) in [6, 6.07) is 15.2. The van der Waals surface area contributed by atoms with Gasteiger partial charge >= 0.3 is 5.97 Å². The Bertz CT molecular complexity index is 905. The average Bonchev–Trinajstić information content (AvgIpc) is 3.21. The van der Waals surface area contributed by atoms with E-state index in [9.17, 15) is 9.18 Å². The zero-order valence-electron chi connectivity index (χ0n) is 13.7. The summed E-state index contributed by atoms with van der Waals surface area (Å²) in [5.41, 5.74) is 1.85. The van der Waals surface area contributed by atoms with E-state index in [1.807, 2.05) is 30.3 Å². The minimum absolute atomic E-state index is 0.0849. The van der Waals surface area contributed by atoms with Gasteiger partial charge in [-0.15, -0.1) is 0 Å². The van der Waals surface area contributed by atoms with E-state index >= 15 is 0 Å². The van der Waals surface area contributed by atoms with Gasteiger partial charge in [-0.05, 0) is 24.3 Å². The average molecular weight is 354 g/mol. The van der Waals surface area contributed by atoms with E-state index in [0.29, 0.717) is 16.9 Å². The van der Waals surface area contributed by atoms with Gasteiger partial charge in [-0.2, -0.15) is 0 Å². The highest BCUT2D eigenvalue weighted by atomic mass is 19.1. The number of esters is 1. The lowest BCUT2D eigenvalue weighted by molar-refractivity contribution is -0.112. The molecule has 1 aromatic heterocycles. The van der Waals surface area contributed by atoms with Crippen LogP contribution in [-0.2, 0) is 22.7 Å². The molecule has 1 aliphatic heterocycles. The molecule has 0 fully saturated rings. The highest BCUT2D eigenvalue weighted by Gasteiger charge is 2.25. The van der Waals surface area contributed by atoms with Gasteiger partial charge in [0, 0.05) is 16.7 Å². The molecule has 5 nitrogen and oxygen atoms in total. The Kier molecular flexibility index (Phi) is 4.41. The third kappa shape index (κ3) is 3.32. The highest BCUT2D eigenvalue weighted by Crippen LogP contribution is 2.36. The molecule has 132 valence electrons. The fourth-order valence-corrected chi connectivity index (χ4v) is 2.77. The van der Waals surface area contributed by atoms with Crippen LogP contribution in [0.15, 0.2) is 65.3 Å². The molecule has 0 saturated carbocycles. The Morgan fingerprint density at radius 2 is 2.00 bits per heavy atom. The van der Waals surface area contributed by atoms with Crippen molar-refractivity contribution >= 4 is 5.97 Å². The van der Waals surface area contributed by atoms with Crippen LogP contribution in [0.25, 0.3) is 0 Å². The van der Waals surface area contributed by atoms with Crippen molar-refractivity contribution in [2.24, 2.45) is 0 Å². The molecule has 0 radical (unpaired) electrons. The second-order valence-corrected chi connectivity index (χ2v) is 5.78. The molecule has 0 unspecified atom stereocenters. The van der Waals surface area contributed by atoms with Crippen LogP contribution in [0.3, 0.4) is 0 Å². The van der Waals surface area contributed by atoms with Gasteiger partial charge < -0.3 is 18.6 Å². The molecule has 1 aliphatic rings. The third-order valence-electron chi connectivity index (χ3n) is 3.98. The molecular weight excluding hydrogens is 339 g/mol. The fourth-order valence-electron chi connectivity index (χ4n) is 2.77. The van der Waals surface area contributed by atoms with Crippen molar-refractivity contribution in [3.05, 3.63) is 89.1 Å². The Morgan fingerprint density at radius 3 is 2.77 bits per heavy atom. The predicted molar refractivity (Wildman–Crippen MR) is 88.8 cm³/mol. The molecule has 0 bridgehead atoms. The molecule has 0 amide bonds. The fraction of sp³-hybridized carbons (Fsp3) is 0.150. The van der Waals surface area contributed by atoms with Crippen LogP contribution in [0.2, 0.25) is 0 Å². The normalized spacial score (nSPS) is 15.8. The quantitative estimate of drug-likeness (QED) is 0.651. The number of hydrogen-bond acceptors (Lipinski definition) is 5. The lowest BCUT2D eigenvalue weighted by Crippen LogP contribution is -2.20. The third-order valence-corrected chi connectivity index (χ3v) is 3.98. The van der Waals surface area contributed by atoms with Gasteiger partial charge in [-0.3, -0.25) is 0 Å². The Morgan fingerprint density at radius 1 is 1.15 bits per heavy atom. The van der Waals surface area contributed by atoms with Crippen molar-refractivity contribution in [1.29, 1.82) is 0 Å². The van der Waals surface area contributed by atoms with Crippen molar-refractivity contribution in [1.82, 2.24) is 0 Å². The van der Waals surface area contributed by atoms with E-state index in [1.165, 1.54) is 24.5 Å². The molecule has 1 atom stereocenters. The number of benzene rings is 2. The first-order valence-electron chi connectivity index (χ1n) is 8.06. The minimum atomic E-state index is -0.625. The lowest BCUT2D eigenvalue weighted by atomic mass is 10.1.